The summed E-state index contributed by atoms with van der Waals surface area (Å²) in [5, 5.41) is 6.24. The molecule has 0 saturated heterocycles. The normalized spacial score (nSPS) is 12.2. The number of methoxy groups -OCH3 is 2. The Morgan fingerprint density at radius 1 is 1.28 bits per heavy atom. The van der Waals surface area contributed by atoms with Crippen LogP contribution in [0.3, 0.4) is 0 Å². The number of nitrogens with one attached hydrogen (secondary N) is 1. The summed E-state index contributed by atoms with van der Waals surface area (Å²) in [4.78, 5) is 4.35. The molecule has 0 amide bonds. The lowest BCUT2D eigenvalue weighted by Gasteiger charge is -2.18. The average molecular weight is 264 g/mol. The number of nitrogens with zero attached hydrogens (tertiary/aromatic N) is 1. The third kappa shape index (κ3) is 2.47. The number of hydrogen-bond donors (Lipinski definition) is 1. The monoisotopic (exact) mass is 264 g/mol. The predicted molar refractivity (Wildman–Crippen MR) is 72.6 cm³/mol. The summed E-state index contributed by atoms with van der Waals surface area (Å²) >= 11 is 1.62. The lowest BCUT2D eigenvalue weighted by molar-refractivity contribution is 0.388. The molecular weight excluding hydrogens is 248 g/mol. The molecule has 1 heterocycles. The molecule has 0 aliphatic carbocycles. The number of ether oxygens (including phenoxy) is 2. The van der Waals surface area contributed by atoms with Crippen LogP contribution >= 0.6 is 11.3 Å². The third-order valence-electron chi connectivity index (χ3n) is 2.74. The highest BCUT2D eigenvalue weighted by Gasteiger charge is 2.19. The van der Waals surface area contributed by atoms with Gasteiger partial charge in [-0.1, -0.05) is 0 Å². The molecule has 1 aromatic heterocycles. The van der Waals surface area contributed by atoms with Crippen LogP contribution in [0.5, 0.6) is 11.5 Å². The van der Waals surface area contributed by atoms with Crippen molar-refractivity contribution in [1.29, 1.82) is 0 Å². The van der Waals surface area contributed by atoms with E-state index < -0.39 is 0 Å². The molecule has 96 valence electrons. The second-order valence-electron chi connectivity index (χ2n) is 3.70. The molecule has 1 unspecified atom stereocenters. The minimum absolute atomic E-state index is 0.0332. The van der Waals surface area contributed by atoms with Crippen LogP contribution in [0.2, 0.25) is 0 Å². The molecule has 0 radical (unpaired) electrons. The zero-order chi connectivity index (χ0) is 13.0. The molecule has 1 aromatic carbocycles. The van der Waals surface area contributed by atoms with Crippen LogP contribution in [0, 0.1) is 0 Å². The van der Waals surface area contributed by atoms with Gasteiger partial charge in [0.25, 0.3) is 0 Å². The summed E-state index contributed by atoms with van der Waals surface area (Å²) in [6.07, 6.45) is 1.81. The molecule has 5 heteroatoms. The first kappa shape index (κ1) is 12.9. The summed E-state index contributed by atoms with van der Waals surface area (Å²) in [6, 6.07) is 5.84. The zero-order valence-corrected chi connectivity index (χ0v) is 11.5. The molecule has 0 saturated carbocycles. The summed E-state index contributed by atoms with van der Waals surface area (Å²) < 4.78 is 10.6. The maximum absolute atomic E-state index is 5.43. The van der Waals surface area contributed by atoms with Crippen molar-refractivity contribution >= 4 is 11.3 Å². The van der Waals surface area contributed by atoms with E-state index in [4.69, 9.17) is 9.47 Å². The summed E-state index contributed by atoms with van der Waals surface area (Å²) in [6.45, 7) is 0. The Hall–Kier alpha value is -1.59. The molecule has 0 spiro atoms. The van der Waals surface area contributed by atoms with Crippen molar-refractivity contribution < 1.29 is 9.47 Å². The van der Waals surface area contributed by atoms with E-state index in [0.717, 1.165) is 22.1 Å². The maximum atomic E-state index is 5.43. The Morgan fingerprint density at radius 2 is 2.11 bits per heavy atom. The number of thiazole rings is 1. The molecular formula is C13H16N2O2S. The van der Waals surface area contributed by atoms with Crippen LogP contribution in [0.15, 0.2) is 29.8 Å². The molecule has 2 aromatic rings. The number of rotatable bonds is 5. The van der Waals surface area contributed by atoms with Gasteiger partial charge in [-0.05, 0) is 19.2 Å². The van der Waals surface area contributed by atoms with Gasteiger partial charge in [0.15, 0.2) is 0 Å². The topological polar surface area (TPSA) is 43.4 Å². The van der Waals surface area contributed by atoms with E-state index in [9.17, 15) is 0 Å². The van der Waals surface area contributed by atoms with Gasteiger partial charge in [-0.3, -0.25) is 0 Å². The standard InChI is InChI=1S/C13H16N2O2S/c1-14-12(13-15-6-7-18-13)10-5-4-9(16-2)8-11(10)17-3/h4-8,12,14H,1-3H3. The van der Waals surface area contributed by atoms with Gasteiger partial charge in [0.05, 0.1) is 20.3 Å². The van der Waals surface area contributed by atoms with Gasteiger partial charge in [0, 0.05) is 23.2 Å². The van der Waals surface area contributed by atoms with Gasteiger partial charge in [-0.15, -0.1) is 11.3 Å². The summed E-state index contributed by atoms with van der Waals surface area (Å²) in [5.41, 5.74) is 1.05. The second kappa shape index (κ2) is 5.84. The molecule has 0 aliphatic rings. The first-order chi connectivity index (χ1) is 8.80. The minimum atomic E-state index is 0.0332. The molecule has 4 nitrogen and oxygen atoms in total. The van der Waals surface area contributed by atoms with Gasteiger partial charge in [0.2, 0.25) is 0 Å². The van der Waals surface area contributed by atoms with Crippen LogP contribution in [0.25, 0.3) is 0 Å². The molecule has 18 heavy (non-hydrogen) atoms. The number of aromatic nitrogens is 1. The van der Waals surface area contributed by atoms with E-state index in [-0.39, 0.29) is 6.04 Å². The van der Waals surface area contributed by atoms with E-state index in [1.807, 2.05) is 30.6 Å². The second-order valence-corrected chi connectivity index (χ2v) is 4.63. The molecule has 0 aliphatic heterocycles. The fourth-order valence-electron chi connectivity index (χ4n) is 1.85. The molecule has 2 rings (SSSR count). The Labute approximate surface area is 111 Å². The third-order valence-corrected chi connectivity index (χ3v) is 3.58. The van der Waals surface area contributed by atoms with Crippen molar-refractivity contribution in [3.8, 4) is 11.5 Å². The van der Waals surface area contributed by atoms with Gasteiger partial charge < -0.3 is 14.8 Å². The highest BCUT2D eigenvalue weighted by atomic mass is 32.1. The van der Waals surface area contributed by atoms with Gasteiger partial charge in [-0.2, -0.15) is 0 Å². The van der Waals surface area contributed by atoms with Crippen molar-refractivity contribution in [1.82, 2.24) is 10.3 Å². The van der Waals surface area contributed by atoms with Gasteiger partial charge >= 0.3 is 0 Å². The van der Waals surface area contributed by atoms with E-state index >= 15 is 0 Å². The van der Waals surface area contributed by atoms with E-state index in [1.54, 1.807) is 31.8 Å². The van der Waals surface area contributed by atoms with E-state index in [0.29, 0.717) is 0 Å². The zero-order valence-electron chi connectivity index (χ0n) is 10.6. The Morgan fingerprint density at radius 3 is 2.67 bits per heavy atom. The largest absolute Gasteiger partial charge is 0.497 e. The highest BCUT2D eigenvalue weighted by Crippen LogP contribution is 2.33. The molecule has 1 N–H and O–H groups in total. The quantitative estimate of drug-likeness (QED) is 0.901. The first-order valence-electron chi connectivity index (χ1n) is 5.58. The van der Waals surface area contributed by atoms with Gasteiger partial charge in [0.1, 0.15) is 16.5 Å². The Balaban J connectivity index is 2.42. The van der Waals surface area contributed by atoms with Crippen molar-refractivity contribution in [2.45, 2.75) is 6.04 Å². The number of hydrogen-bond acceptors (Lipinski definition) is 5. The summed E-state index contributed by atoms with van der Waals surface area (Å²) in [7, 11) is 5.22. The first-order valence-corrected chi connectivity index (χ1v) is 6.46. The van der Waals surface area contributed by atoms with Gasteiger partial charge in [-0.25, -0.2) is 4.98 Å². The fourth-order valence-corrected chi connectivity index (χ4v) is 2.61. The summed E-state index contributed by atoms with van der Waals surface area (Å²) in [5.74, 6) is 1.58. The van der Waals surface area contributed by atoms with Crippen molar-refractivity contribution in [2.24, 2.45) is 0 Å². The number of benzene rings is 1. The van der Waals surface area contributed by atoms with Crippen molar-refractivity contribution in [3.05, 3.63) is 40.3 Å². The SMILES string of the molecule is CNC(c1nccs1)c1ccc(OC)cc1OC. The molecule has 1 atom stereocenters. The van der Waals surface area contributed by atoms with Crippen LogP contribution < -0.4 is 14.8 Å². The lowest BCUT2D eigenvalue weighted by Crippen LogP contribution is -2.18. The van der Waals surface area contributed by atoms with Crippen LogP contribution in [0.1, 0.15) is 16.6 Å². The maximum Gasteiger partial charge on any atom is 0.127 e. The molecule has 0 bridgehead atoms. The van der Waals surface area contributed by atoms with Crippen LogP contribution in [-0.4, -0.2) is 26.3 Å². The van der Waals surface area contributed by atoms with E-state index in [1.165, 1.54) is 0 Å². The van der Waals surface area contributed by atoms with Crippen molar-refractivity contribution in [2.75, 3.05) is 21.3 Å². The Bertz CT molecular complexity index is 500. The fraction of sp³-hybridized carbons (Fsp3) is 0.308. The van der Waals surface area contributed by atoms with Crippen LogP contribution in [-0.2, 0) is 0 Å². The molecule has 0 fully saturated rings. The smallest absolute Gasteiger partial charge is 0.127 e. The predicted octanol–water partition coefficient (Wildman–Crippen LogP) is 2.47. The lowest BCUT2D eigenvalue weighted by atomic mass is 10.1. The highest BCUT2D eigenvalue weighted by molar-refractivity contribution is 7.09. The Kier molecular flexibility index (Phi) is 4.17. The average Bonchev–Trinajstić information content (AvgIpc) is 2.94. The van der Waals surface area contributed by atoms with Crippen molar-refractivity contribution in [3.63, 3.8) is 0 Å². The van der Waals surface area contributed by atoms with Crippen LogP contribution in [0.4, 0.5) is 0 Å². The van der Waals surface area contributed by atoms with E-state index in [2.05, 4.69) is 10.3 Å². The minimum Gasteiger partial charge on any atom is -0.497 e.